The number of fused-ring (bicyclic) bond motifs is 1. The average molecular weight is 355 g/mol. The Kier molecular flexibility index (Phi) is 4.38. The van der Waals surface area contributed by atoms with E-state index in [1.807, 2.05) is 37.2 Å². The molecule has 136 valence electrons. The van der Waals surface area contributed by atoms with E-state index in [1.165, 1.54) is 0 Å². The number of anilines is 1. The number of rotatable bonds is 3. The van der Waals surface area contributed by atoms with E-state index >= 15 is 0 Å². The van der Waals surface area contributed by atoms with Crippen LogP contribution in [0.25, 0.3) is 0 Å². The molecule has 0 saturated carbocycles. The highest BCUT2D eigenvalue weighted by Crippen LogP contribution is 2.33. The fraction of sp³-hybridized carbons (Fsp3) is 0.368. The first-order valence-corrected chi connectivity index (χ1v) is 8.56. The minimum atomic E-state index is -0.235. The monoisotopic (exact) mass is 355 g/mol. The van der Waals surface area contributed by atoms with E-state index in [1.54, 1.807) is 23.1 Å². The number of hydrogen-bond acceptors (Lipinski definition) is 6. The molecule has 0 aliphatic carbocycles. The smallest absolute Gasteiger partial charge is 0.254 e. The van der Waals surface area contributed by atoms with Crippen LogP contribution in [0.5, 0.6) is 11.5 Å². The number of aromatic nitrogens is 1. The van der Waals surface area contributed by atoms with Gasteiger partial charge in [0, 0.05) is 26.2 Å². The van der Waals surface area contributed by atoms with Crippen molar-refractivity contribution in [3.63, 3.8) is 0 Å². The van der Waals surface area contributed by atoms with Gasteiger partial charge >= 0.3 is 0 Å². The SMILES string of the molecule is CN(C)c1cccc(C2CN(C(=O)c3ccc4c(c3)OCO4)CCO2)n1. The van der Waals surface area contributed by atoms with Gasteiger partial charge in [-0.2, -0.15) is 0 Å². The zero-order chi connectivity index (χ0) is 18.1. The quantitative estimate of drug-likeness (QED) is 0.840. The van der Waals surface area contributed by atoms with Crippen LogP contribution in [0.2, 0.25) is 0 Å². The van der Waals surface area contributed by atoms with Crippen LogP contribution in [-0.2, 0) is 4.74 Å². The van der Waals surface area contributed by atoms with Crippen LogP contribution in [0.15, 0.2) is 36.4 Å². The summed E-state index contributed by atoms with van der Waals surface area (Å²) < 4.78 is 16.5. The first-order chi connectivity index (χ1) is 12.6. The third-order valence-electron chi connectivity index (χ3n) is 4.52. The number of carbonyl (C=O) groups is 1. The third kappa shape index (κ3) is 3.17. The first kappa shape index (κ1) is 16.7. The lowest BCUT2D eigenvalue weighted by atomic mass is 10.1. The topological polar surface area (TPSA) is 64.1 Å². The van der Waals surface area contributed by atoms with E-state index in [2.05, 4.69) is 4.98 Å². The van der Waals surface area contributed by atoms with Gasteiger partial charge in [0.2, 0.25) is 6.79 Å². The molecule has 1 saturated heterocycles. The molecule has 7 heteroatoms. The van der Waals surface area contributed by atoms with Gasteiger partial charge in [-0.15, -0.1) is 0 Å². The molecule has 4 rings (SSSR count). The van der Waals surface area contributed by atoms with E-state index in [0.717, 1.165) is 11.5 Å². The summed E-state index contributed by atoms with van der Waals surface area (Å²) in [7, 11) is 3.90. The summed E-state index contributed by atoms with van der Waals surface area (Å²) in [5.41, 5.74) is 1.42. The molecule has 0 N–H and O–H groups in total. The van der Waals surface area contributed by atoms with E-state index in [0.29, 0.717) is 36.8 Å². The zero-order valence-corrected chi connectivity index (χ0v) is 14.8. The Hall–Kier alpha value is -2.80. The van der Waals surface area contributed by atoms with Crippen molar-refractivity contribution in [1.29, 1.82) is 0 Å². The lowest BCUT2D eigenvalue weighted by Crippen LogP contribution is -2.42. The van der Waals surface area contributed by atoms with Crippen LogP contribution in [0.4, 0.5) is 5.82 Å². The summed E-state index contributed by atoms with van der Waals surface area (Å²) in [4.78, 5) is 21.3. The summed E-state index contributed by atoms with van der Waals surface area (Å²) in [6.07, 6.45) is -0.235. The number of morpholine rings is 1. The number of hydrogen-bond donors (Lipinski definition) is 0. The van der Waals surface area contributed by atoms with Gasteiger partial charge in [0.1, 0.15) is 11.9 Å². The lowest BCUT2D eigenvalue weighted by Gasteiger charge is -2.33. The van der Waals surface area contributed by atoms with Crippen molar-refractivity contribution in [2.45, 2.75) is 6.10 Å². The molecular formula is C19H21N3O4. The van der Waals surface area contributed by atoms with Crippen LogP contribution < -0.4 is 14.4 Å². The molecule has 1 atom stereocenters. The van der Waals surface area contributed by atoms with Crippen molar-refractivity contribution in [1.82, 2.24) is 9.88 Å². The van der Waals surface area contributed by atoms with Gasteiger partial charge < -0.3 is 24.0 Å². The van der Waals surface area contributed by atoms with Crippen LogP contribution in [0, 0.1) is 0 Å². The number of pyridine rings is 1. The Morgan fingerprint density at radius 2 is 2.04 bits per heavy atom. The molecule has 1 fully saturated rings. The standard InChI is InChI=1S/C19H21N3O4/c1-21(2)18-5-3-4-14(20-18)17-11-22(8-9-24-17)19(23)13-6-7-15-16(10-13)26-12-25-15/h3-7,10,17H,8-9,11-12H2,1-2H3. The predicted octanol–water partition coefficient (Wildman–Crippen LogP) is 2.09. The first-order valence-electron chi connectivity index (χ1n) is 8.56. The van der Waals surface area contributed by atoms with E-state index < -0.39 is 0 Å². The third-order valence-corrected chi connectivity index (χ3v) is 4.52. The van der Waals surface area contributed by atoms with Gasteiger partial charge in [0.15, 0.2) is 11.5 Å². The second-order valence-corrected chi connectivity index (χ2v) is 6.49. The minimum Gasteiger partial charge on any atom is -0.454 e. The highest BCUT2D eigenvalue weighted by molar-refractivity contribution is 5.95. The largest absolute Gasteiger partial charge is 0.454 e. The van der Waals surface area contributed by atoms with E-state index in [4.69, 9.17) is 14.2 Å². The molecule has 2 aromatic rings. The van der Waals surface area contributed by atoms with Crippen molar-refractivity contribution < 1.29 is 19.0 Å². The van der Waals surface area contributed by atoms with Crippen molar-refractivity contribution in [2.24, 2.45) is 0 Å². The van der Waals surface area contributed by atoms with Crippen molar-refractivity contribution in [3.05, 3.63) is 47.7 Å². The molecule has 1 aromatic heterocycles. The second-order valence-electron chi connectivity index (χ2n) is 6.49. The van der Waals surface area contributed by atoms with Crippen LogP contribution in [0.1, 0.15) is 22.2 Å². The summed E-state index contributed by atoms with van der Waals surface area (Å²) in [6.45, 7) is 1.70. The summed E-state index contributed by atoms with van der Waals surface area (Å²) in [5.74, 6) is 2.11. The molecule has 0 bridgehead atoms. The van der Waals surface area contributed by atoms with Crippen LogP contribution in [0.3, 0.4) is 0 Å². The fourth-order valence-electron chi connectivity index (χ4n) is 3.09. The number of amides is 1. The zero-order valence-electron chi connectivity index (χ0n) is 14.8. The van der Waals surface area contributed by atoms with Gasteiger partial charge in [-0.3, -0.25) is 4.79 Å². The van der Waals surface area contributed by atoms with E-state index in [9.17, 15) is 4.79 Å². The minimum absolute atomic E-state index is 0.0413. The van der Waals surface area contributed by atoms with Gasteiger partial charge in [0.05, 0.1) is 18.8 Å². The molecule has 0 radical (unpaired) electrons. The molecule has 7 nitrogen and oxygen atoms in total. The number of carbonyl (C=O) groups excluding carboxylic acids is 1. The fourth-order valence-corrected chi connectivity index (χ4v) is 3.09. The molecule has 2 aliphatic heterocycles. The summed E-state index contributed by atoms with van der Waals surface area (Å²) >= 11 is 0. The highest BCUT2D eigenvalue weighted by atomic mass is 16.7. The van der Waals surface area contributed by atoms with Crippen LogP contribution in [-0.4, -0.2) is 56.4 Å². The Bertz CT molecular complexity index is 824. The Balaban J connectivity index is 1.51. The Morgan fingerprint density at radius 1 is 1.19 bits per heavy atom. The van der Waals surface area contributed by atoms with Crippen molar-refractivity contribution in [3.8, 4) is 11.5 Å². The number of benzene rings is 1. The van der Waals surface area contributed by atoms with Gasteiger partial charge in [-0.05, 0) is 30.3 Å². The Morgan fingerprint density at radius 3 is 2.88 bits per heavy atom. The maximum absolute atomic E-state index is 12.9. The molecule has 0 spiro atoms. The molecule has 1 aromatic carbocycles. The Labute approximate surface area is 152 Å². The lowest BCUT2D eigenvalue weighted by molar-refractivity contribution is -0.0246. The normalized spacial score (nSPS) is 18.7. The van der Waals surface area contributed by atoms with Gasteiger partial charge in [0.25, 0.3) is 5.91 Å². The van der Waals surface area contributed by atoms with E-state index in [-0.39, 0.29) is 18.8 Å². The van der Waals surface area contributed by atoms with Gasteiger partial charge in [-0.1, -0.05) is 6.07 Å². The van der Waals surface area contributed by atoms with Gasteiger partial charge in [-0.25, -0.2) is 4.98 Å². The maximum atomic E-state index is 12.9. The maximum Gasteiger partial charge on any atom is 0.254 e. The van der Waals surface area contributed by atoms with Crippen molar-refractivity contribution >= 4 is 11.7 Å². The number of nitrogens with zero attached hydrogens (tertiary/aromatic N) is 3. The molecule has 1 amide bonds. The van der Waals surface area contributed by atoms with Crippen molar-refractivity contribution in [2.75, 3.05) is 45.5 Å². The molecule has 1 unspecified atom stereocenters. The molecule has 2 aliphatic rings. The van der Waals surface area contributed by atoms with Crippen LogP contribution >= 0.6 is 0 Å². The second kappa shape index (κ2) is 6.84. The summed E-state index contributed by atoms with van der Waals surface area (Å²) in [6, 6.07) is 11.1. The molecule has 3 heterocycles. The molecular weight excluding hydrogens is 334 g/mol. The average Bonchev–Trinajstić information content (AvgIpc) is 3.15. The highest BCUT2D eigenvalue weighted by Gasteiger charge is 2.28. The summed E-state index contributed by atoms with van der Waals surface area (Å²) in [5, 5.41) is 0. The predicted molar refractivity (Wildman–Crippen MR) is 95.7 cm³/mol. The number of ether oxygens (including phenoxy) is 3. The molecule has 26 heavy (non-hydrogen) atoms.